The van der Waals surface area contributed by atoms with Gasteiger partial charge in [-0.05, 0) is 36.6 Å². The van der Waals surface area contributed by atoms with Crippen molar-refractivity contribution in [1.29, 1.82) is 0 Å². The molecule has 0 radical (unpaired) electrons. The lowest BCUT2D eigenvalue weighted by Crippen LogP contribution is -2.32. The molecule has 3 heterocycles. The van der Waals surface area contributed by atoms with Crippen molar-refractivity contribution in [3.63, 3.8) is 0 Å². The second-order valence-corrected chi connectivity index (χ2v) is 5.85. The van der Waals surface area contributed by atoms with Crippen LogP contribution in [-0.4, -0.2) is 33.9 Å². The first kappa shape index (κ1) is 15.5. The number of carbonyl (C=O) groups excluding carboxylic acids is 1. The molecule has 0 saturated carbocycles. The van der Waals surface area contributed by atoms with Gasteiger partial charge in [-0.2, -0.15) is 0 Å². The summed E-state index contributed by atoms with van der Waals surface area (Å²) in [6, 6.07) is 7.65. The Morgan fingerprint density at radius 3 is 2.57 bits per heavy atom. The fourth-order valence-electron chi connectivity index (χ4n) is 2.77. The second kappa shape index (κ2) is 7.72. The van der Waals surface area contributed by atoms with Gasteiger partial charge in [-0.15, -0.1) is 0 Å². The van der Waals surface area contributed by atoms with Crippen LogP contribution in [0.15, 0.2) is 42.9 Å². The molecule has 0 spiro atoms. The maximum atomic E-state index is 12.5. The van der Waals surface area contributed by atoms with Crippen LogP contribution in [0.4, 0.5) is 5.69 Å². The first-order valence-corrected chi connectivity index (χ1v) is 8.21. The molecule has 1 N–H and O–H groups in total. The summed E-state index contributed by atoms with van der Waals surface area (Å²) in [7, 11) is 0. The van der Waals surface area contributed by atoms with E-state index in [2.05, 4.69) is 15.3 Å². The smallest absolute Gasteiger partial charge is 0.272 e. The normalized spacial score (nSPS) is 15.0. The molecule has 0 bridgehead atoms. The molecule has 1 saturated heterocycles. The lowest BCUT2D eigenvalue weighted by Gasteiger charge is -2.19. The van der Waals surface area contributed by atoms with Gasteiger partial charge in [0.15, 0.2) is 0 Å². The van der Waals surface area contributed by atoms with Crippen molar-refractivity contribution < 1.29 is 4.79 Å². The third kappa shape index (κ3) is 4.28. The molecule has 0 aromatic carbocycles. The van der Waals surface area contributed by atoms with Crippen LogP contribution in [-0.2, 0) is 6.54 Å². The number of anilines is 1. The Morgan fingerprint density at radius 1 is 1.09 bits per heavy atom. The van der Waals surface area contributed by atoms with Gasteiger partial charge >= 0.3 is 0 Å². The molecule has 1 aliphatic heterocycles. The molecular weight excluding hydrogens is 288 g/mol. The molecule has 5 nitrogen and oxygen atoms in total. The maximum Gasteiger partial charge on any atom is 0.272 e. The SMILES string of the molecule is O=C(c1ccc(NCc2cccnc2)cn1)N1CCCCCC1. The Morgan fingerprint density at radius 2 is 1.91 bits per heavy atom. The van der Waals surface area contributed by atoms with E-state index in [-0.39, 0.29) is 5.91 Å². The van der Waals surface area contributed by atoms with Crippen LogP contribution in [0.3, 0.4) is 0 Å². The zero-order valence-electron chi connectivity index (χ0n) is 13.2. The van der Waals surface area contributed by atoms with Crippen LogP contribution in [0, 0.1) is 0 Å². The minimum absolute atomic E-state index is 0.0470. The van der Waals surface area contributed by atoms with E-state index in [1.165, 1.54) is 12.8 Å². The number of hydrogen-bond donors (Lipinski definition) is 1. The van der Waals surface area contributed by atoms with E-state index in [0.29, 0.717) is 12.2 Å². The molecule has 3 rings (SSSR count). The predicted octanol–water partition coefficient (Wildman–Crippen LogP) is 3.10. The monoisotopic (exact) mass is 310 g/mol. The van der Waals surface area contributed by atoms with Crippen molar-refractivity contribution in [3.05, 3.63) is 54.1 Å². The molecule has 2 aromatic rings. The number of carbonyl (C=O) groups is 1. The van der Waals surface area contributed by atoms with E-state index in [9.17, 15) is 4.79 Å². The van der Waals surface area contributed by atoms with Crippen LogP contribution < -0.4 is 5.32 Å². The topological polar surface area (TPSA) is 58.1 Å². The summed E-state index contributed by atoms with van der Waals surface area (Å²) in [6.45, 7) is 2.39. The summed E-state index contributed by atoms with van der Waals surface area (Å²) in [5, 5.41) is 3.29. The molecule has 23 heavy (non-hydrogen) atoms. The summed E-state index contributed by atoms with van der Waals surface area (Å²) < 4.78 is 0. The summed E-state index contributed by atoms with van der Waals surface area (Å²) in [6.07, 6.45) is 9.93. The molecule has 2 aromatic heterocycles. The fraction of sp³-hybridized carbons (Fsp3) is 0.389. The Balaban J connectivity index is 1.59. The van der Waals surface area contributed by atoms with E-state index in [1.807, 2.05) is 29.3 Å². The summed E-state index contributed by atoms with van der Waals surface area (Å²) in [4.78, 5) is 22.8. The summed E-state index contributed by atoms with van der Waals surface area (Å²) in [5.41, 5.74) is 2.54. The predicted molar refractivity (Wildman–Crippen MR) is 90.2 cm³/mol. The van der Waals surface area contributed by atoms with E-state index in [0.717, 1.165) is 37.2 Å². The van der Waals surface area contributed by atoms with Crippen LogP contribution in [0.25, 0.3) is 0 Å². The number of amides is 1. The van der Waals surface area contributed by atoms with Gasteiger partial charge in [-0.25, -0.2) is 4.98 Å². The van der Waals surface area contributed by atoms with Crippen LogP contribution in [0.5, 0.6) is 0 Å². The molecule has 0 aliphatic carbocycles. The van der Waals surface area contributed by atoms with Crippen molar-refractivity contribution in [2.45, 2.75) is 32.2 Å². The largest absolute Gasteiger partial charge is 0.380 e. The highest BCUT2D eigenvalue weighted by Crippen LogP contribution is 2.14. The van der Waals surface area contributed by atoms with E-state index in [1.54, 1.807) is 18.5 Å². The Bertz CT molecular complexity index is 619. The Hall–Kier alpha value is -2.43. The van der Waals surface area contributed by atoms with E-state index in [4.69, 9.17) is 0 Å². The van der Waals surface area contributed by atoms with Crippen molar-refractivity contribution in [2.24, 2.45) is 0 Å². The van der Waals surface area contributed by atoms with E-state index < -0.39 is 0 Å². The minimum atomic E-state index is 0.0470. The zero-order chi connectivity index (χ0) is 15.9. The highest BCUT2D eigenvalue weighted by Gasteiger charge is 2.18. The summed E-state index contributed by atoms with van der Waals surface area (Å²) in [5.74, 6) is 0.0470. The highest BCUT2D eigenvalue weighted by molar-refractivity contribution is 5.92. The molecule has 1 aliphatic rings. The number of nitrogens with one attached hydrogen (secondary N) is 1. The zero-order valence-corrected chi connectivity index (χ0v) is 13.2. The number of rotatable bonds is 4. The van der Waals surface area contributed by atoms with Gasteiger partial charge in [0.05, 0.1) is 11.9 Å². The molecule has 1 fully saturated rings. The molecule has 120 valence electrons. The third-order valence-electron chi connectivity index (χ3n) is 4.10. The quantitative estimate of drug-likeness (QED) is 0.942. The number of nitrogens with zero attached hydrogens (tertiary/aromatic N) is 3. The molecular formula is C18H22N4O. The number of pyridine rings is 2. The maximum absolute atomic E-state index is 12.5. The Labute approximate surface area is 136 Å². The van der Waals surface area contributed by atoms with Gasteiger partial charge in [0.1, 0.15) is 5.69 Å². The lowest BCUT2D eigenvalue weighted by molar-refractivity contribution is 0.0756. The minimum Gasteiger partial charge on any atom is -0.380 e. The van der Waals surface area contributed by atoms with Gasteiger partial charge in [-0.1, -0.05) is 18.9 Å². The number of likely N-dealkylation sites (tertiary alicyclic amines) is 1. The highest BCUT2D eigenvalue weighted by atomic mass is 16.2. The summed E-state index contributed by atoms with van der Waals surface area (Å²) >= 11 is 0. The average molecular weight is 310 g/mol. The second-order valence-electron chi connectivity index (χ2n) is 5.85. The van der Waals surface area contributed by atoms with Gasteiger partial charge in [0.25, 0.3) is 5.91 Å². The van der Waals surface area contributed by atoms with Crippen LogP contribution in [0.1, 0.15) is 41.7 Å². The first-order valence-electron chi connectivity index (χ1n) is 8.21. The van der Waals surface area contributed by atoms with Crippen molar-refractivity contribution in [1.82, 2.24) is 14.9 Å². The molecule has 5 heteroatoms. The average Bonchev–Trinajstić information content (AvgIpc) is 2.90. The van der Waals surface area contributed by atoms with Crippen molar-refractivity contribution in [3.8, 4) is 0 Å². The van der Waals surface area contributed by atoms with E-state index >= 15 is 0 Å². The van der Waals surface area contributed by atoms with Gasteiger partial charge in [0, 0.05) is 32.0 Å². The van der Waals surface area contributed by atoms with Gasteiger partial charge < -0.3 is 10.2 Å². The molecule has 1 amide bonds. The van der Waals surface area contributed by atoms with Gasteiger partial charge in [-0.3, -0.25) is 9.78 Å². The number of hydrogen-bond acceptors (Lipinski definition) is 4. The molecule has 0 unspecified atom stereocenters. The van der Waals surface area contributed by atoms with Crippen LogP contribution in [0.2, 0.25) is 0 Å². The fourth-order valence-corrected chi connectivity index (χ4v) is 2.77. The Kier molecular flexibility index (Phi) is 5.19. The molecule has 0 atom stereocenters. The van der Waals surface area contributed by atoms with Gasteiger partial charge in [0.2, 0.25) is 0 Å². The van der Waals surface area contributed by atoms with Crippen LogP contribution >= 0.6 is 0 Å². The first-order chi connectivity index (χ1) is 11.3. The van der Waals surface area contributed by atoms with Crippen molar-refractivity contribution >= 4 is 11.6 Å². The standard InChI is InChI=1S/C18H22N4O/c23-18(22-10-3-1-2-4-11-22)17-8-7-16(14-21-17)20-13-15-6-5-9-19-12-15/h5-9,12,14,20H,1-4,10-11,13H2. The van der Waals surface area contributed by atoms with Crippen molar-refractivity contribution in [2.75, 3.05) is 18.4 Å². The third-order valence-corrected chi connectivity index (χ3v) is 4.10. The number of aromatic nitrogens is 2. The lowest BCUT2D eigenvalue weighted by atomic mass is 10.2.